The molecule has 33 heavy (non-hydrogen) atoms. The normalized spacial score (nSPS) is 24.6. The molecule has 0 aromatic heterocycles. The highest BCUT2D eigenvalue weighted by Crippen LogP contribution is 2.29. The van der Waals surface area contributed by atoms with Gasteiger partial charge in [0.2, 0.25) is 0 Å². The van der Waals surface area contributed by atoms with Gasteiger partial charge in [-0.1, -0.05) is 25.2 Å². The molecule has 1 fully saturated rings. The highest BCUT2D eigenvalue weighted by atomic mass is 32.2. The molecule has 2 amide bonds. The van der Waals surface area contributed by atoms with Crippen molar-refractivity contribution >= 4 is 22.2 Å². The number of halogens is 3. The first-order chi connectivity index (χ1) is 15.1. The Balaban J connectivity index is 2.09. The number of ether oxygens (including phenoxy) is 2. The van der Waals surface area contributed by atoms with Crippen LogP contribution in [-0.4, -0.2) is 67.8 Å². The summed E-state index contributed by atoms with van der Waals surface area (Å²) in [6.07, 6.45) is 4.54. The van der Waals surface area contributed by atoms with Crippen molar-refractivity contribution in [1.29, 1.82) is 0 Å². The van der Waals surface area contributed by atoms with Crippen molar-refractivity contribution in [2.45, 2.75) is 63.7 Å². The third kappa shape index (κ3) is 7.63. The lowest BCUT2D eigenvalue weighted by molar-refractivity contribution is -0.0498. The summed E-state index contributed by atoms with van der Waals surface area (Å²) in [7, 11) is -5.60. The molecule has 0 saturated carbocycles. The number of carbonyl (C=O) groups excluding carboxylic acids is 2. The van der Waals surface area contributed by atoms with Gasteiger partial charge in [0.25, 0.3) is 0 Å². The summed E-state index contributed by atoms with van der Waals surface area (Å²) in [5.74, 6) is 0.195. The number of allylic oxidation sites excluding steroid dienone is 3. The predicted octanol–water partition coefficient (Wildman–Crippen LogP) is 3.05. The van der Waals surface area contributed by atoms with Crippen LogP contribution in [0.5, 0.6) is 0 Å². The van der Waals surface area contributed by atoms with Gasteiger partial charge in [0.1, 0.15) is 12.2 Å². The van der Waals surface area contributed by atoms with E-state index in [2.05, 4.69) is 10.6 Å². The number of hydrogen-bond donors (Lipinski definition) is 2. The molecule has 1 aliphatic heterocycles. The fraction of sp³-hybridized carbons (Fsp3) is 0.700. The van der Waals surface area contributed by atoms with Gasteiger partial charge < -0.3 is 20.1 Å². The largest absolute Gasteiger partial charge is 0.511 e. The quantitative estimate of drug-likeness (QED) is 0.604. The van der Waals surface area contributed by atoms with Crippen LogP contribution in [0.25, 0.3) is 0 Å². The van der Waals surface area contributed by atoms with Gasteiger partial charge in [-0.25, -0.2) is 18.0 Å². The smallest absolute Gasteiger partial charge is 0.445 e. The third-order valence-corrected chi connectivity index (χ3v) is 6.75. The van der Waals surface area contributed by atoms with Gasteiger partial charge in [-0.05, 0) is 45.1 Å². The molecule has 1 unspecified atom stereocenters. The van der Waals surface area contributed by atoms with Crippen LogP contribution in [0.15, 0.2) is 23.8 Å². The Hall–Kier alpha value is -2.28. The van der Waals surface area contributed by atoms with Crippen molar-refractivity contribution in [3.63, 3.8) is 0 Å². The zero-order valence-electron chi connectivity index (χ0n) is 18.9. The van der Waals surface area contributed by atoms with Crippen molar-refractivity contribution in [1.82, 2.24) is 14.9 Å². The van der Waals surface area contributed by atoms with Crippen molar-refractivity contribution in [2.24, 2.45) is 5.92 Å². The first kappa shape index (κ1) is 27.0. The van der Waals surface area contributed by atoms with Crippen molar-refractivity contribution in [3.05, 3.63) is 23.8 Å². The van der Waals surface area contributed by atoms with Crippen molar-refractivity contribution < 1.29 is 40.7 Å². The fourth-order valence-electron chi connectivity index (χ4n) is 3.39. The number of nitrogens with one attached hydrogen (secondary N) is 2. The minimum Gasteiger partial charge on any atom is -0.445 e. The molecule has 0 radical (unpaired) electrons. The van der Waals surface area contributed by atoms with Crippen LogP contribution in [0.3, 0.4) is 0 Å². The van der Waals surface area contributed by atoms with Crippen LogP contribution in [0.4, 0.5) is 22.8 Å². The number of sulfonamides is 1. The maximum Gasteiger partial charge on any atom is 0.511 e. The van der Waals surface area contributed by atoms with E-state index in [0.717, 1.165) is 12.0 Å². The number of alkyl halides is 3. The molecule has 3 atom stereocenters. The molecule has 0 bridgehead atoms. The molecular formula is C20H30F3N3O6S. The molecule has 13 heteroatoms. The fourth-order valence-corrected chi connectivity index (χ4v) is 4.38. The van der Waals surface area contributed by atoms with Gasteiger partial charge >= 0.3 is 27.7 Å². The zero-order chi connectivity index (χ0) is 25.0. The van der Waals surface area contributed by atoms with Gasteiger partial charge in [0.15, 0.2) is 0 Å². The lowest BCUT2D eigenvalue weighted by Crippen LogP contribution is -2.62. The third-order valence-electron chi connectivity index (χ3n) is 5.15. The van der Waals surface area contributed by atoms with E-state index in [4.69, 9.17) is 9.47 Å². The summed E-state index contributed by atoms with van der Waals surface area (Å²) in [5.41, 5.74) is -5.47. The molecule has 9 nitrogen and oxygen atoms in total. The highest BCUT2D eigenvalue weighted by Gasteiger charge is 2.52. The number of amides is 2. The Labute approximate surface area is 191 Å². The minimum absolute atomic E-state index is 0.0306. The number of nitrogens with zero attached hydrogens (tertiary/aromatic N) is 1. The van der Waals surface area contributed by atoms with Crippen LogP contribution >= 0.6 is 0 Å². The van der Waals surface area contributed by atoms with E-state index in [1.165, 1.54) is 0 Å². The van der Waals surface area contributed by atoms with Gasteiger partial charge in [-0.3, -0.25) is 0 Å². The summed E-state index contributed by atoms with van der Waals surface area (Å²) in [6, 6.07) is -2.05. The molecule has 1 saturated heterocycles. The highest BCUT2D eigenvalue weighted by molar-refractivity contribution is 7.90. The van der Waals surface area contributed by atoms with Crippen LogP contribution in [0.2, 0.25) is 0 Å². The number of hydrogen-bond acceptors (Lipinski definition) is 6. The zero-order valence-corrected chi connectivity index (χ0v) is 19.8. The van der Waals surface area contributed by atoms with Gasteiger partial charge in [0.05, 0.1) is 12.1 Å². The Morgan fingerprint density at radius 3 is 2.36 bits per heavy atom. The van der Waals surface area contributed by atoms with Crippen LogP contribution in [0.1, 0.15) is 40.5 Å². The molecular weight excluding hydrogens is 467 g/mol. The Morgan fingerprint density at radius 1 is 1.15 bits per heavy atom. The van der Waals surface area contributed by atoms with E-state index in [1.54, 1.807) is 20.8 Å². The van der Waals surface area contributed by atoms with Crippen molar-refractivity contribution in [3.8, 4) is 0 Å². The molecule has 0 aromatic rings. The molecule has 2 rings (SSSR count). The summed E-state index contributed by atoms with van der Waals surface area (Å²) in [5, 5.41) is 4.89. The van der Waals surface area contributed by atoms with Gasteiger partial charge in [-0.2, -0.15) is 17.5 Å². The number of rotatable bonds is 5. The van der Waals surface area contributed by atoms with E-state index in [0.29, 0.717) is 0 Å². The Bertz CT molecular complexity index is 896. The number of carbonyl (C=O) groups is 2. The molecule has 2 aliphatic rings. The maximum absolute atomic E-state index is 13.0. The lowest BCUT2D eigenvalue weighted by atomic mass is 9.94. The maximum atomic E-state index is 13.0. The molecule has 1 aliphatic carbocycles. The summed E-state index contributed by atoms with van der Waals surface area (Å²) < 4.78 is 73.3. The minimum atomic E-state index is -5.60. The van der Waals surface area contributed by atoms with Gasteiger partial charge in [-0.15, -0.1) is 0 Å². The standard InChI is InChI=1S/C20H30F3N3O6S/c1-13-7-5-6-8-14(13)12-31-17(27)24-15-9-10-26(33(29,30)20(21,22)23)11-16(15)25-18(28)32-19(2,3)4/h5-6,8,13,15-16H,7,9-12H2,1-4H3,(H,24,27)(H,25,28)/t13?,15-,16+/m0/s1. The van der Waals surface area contributed by atoms with Crippen LogP contribution in [0, 0.1) is 5.92 Å². The second-order valence-electron chi connectivity index (χ2n) is 8.98. The molecule has 188 valence electrons. The Kier molecular flexibility index (Phi) is 8.44. The van der Waals surface area contributed by atoms with E-state index in [-0.39, 0.29) is 23.3 Å². The average molecular weight is 498 g/mol. The topological polar surface area (TPSA) is 114 Å². The molecule has 2 N–H and O–H groups in total. The van der Waals surface area contributed by atoms with Crippen LogP contribution < -0.4 is 10.6 Å². The average Bonchev–Trinajstić information content (AvgIpc) is 2.66. The SMILES string of the molecule is CC1CC=CC=C1COC(=O)N[C@H]1CCN(S(=O)(=O)C(F)(F)F)C[C@H]1NC(=O)OC(C)(C)C. The monoisotopic (exact) mass is 497 g/mol. The van der Waals surface area contributed by atoms with E-state index in [1.807, 2.05) is 25.2 Å². The molecule has 0 aromatic carbocycles. The first-order valence-electron chi connectivity index (χ1n) is 10.4. The summed E-state index contributed by atoms with van der Waals surface area (Å²) in [6.45, 7) is 5.60. The summed E-state index contributed by atoms with van der Waals surface area (Å²) >= 11 is 0. The molecule has 1 heterocycles. The predicted molar refractivity (Wildman–Crippen MR) is 114 cm³/mol. The first-order valence-corrected chi connectivity index (χ1v) is 11.9. The van der Waals surface area contributed by atoms with E-state index < -0.39 is 58.5 Å². The number of alkyl carbamates (subject to hydrolysis) is 2. The van der Waals surface area contributed by atoms with E-state index >= 15 is 0 Å². The summed E-state index contributed by atoms with van der Waals surface area (Å²) in [4.78, 5) is 24.5. The number of piperidine rings is 1. The lowest BCUT2D eigenvalue weighted by Gasteiger charge is -2.38. The van der Waals surface area contributed by atoms with Crippen molar-refractivity contribution in [2.75, 3.05) is 19.7 Å². The Morgan fingerprint density at radius 2 is 1.79 bits per heavy atom. The second-order valence-corrected chi connectivity index (χ2v) is 10.9. The van der Waals surface area contributed by atoms with Crippen LogP contribution in [-0.2, 0) is 19.5 Å². The van der Waals surface area contributed by atoms with Gasteiger partial charge in [0, 0.05) is 13.1 Å². The molecule has 0 spiro atoms. The second kappa shape index (κ2) is 10.3. The van der Waals surface area contributed by atoms with E-state index in [9.17, 15) is 31.2 Å².